The van der Waals surface area contributed by atoms with Gasteiger partial charge in [-0.3, -0.25) is 0 Å². The second-order valence-electron chi connectivity index (χ2n) is 6.69. The van der Waals surface area contributed by atoms with Crippen LogP contribution < -0.4 is 0 Å². The third-order valence-corrected chi connectivity index (χ3v) is 5.44. The van der Waals surface area contributed by atoms with E-state index in [1.165, 1.54) is 55.2 Å². The van der Waals surface area contributed by atoms with Crippen molar-refractivity contribution in [3.63, 3.8) is 0 Å². The van der Waals surface area contributed by atoms with E-state index in [1.807, 2.05) is 0 Å². The van der Waals surface area contributed by atoms with E-state index >= 15 is 0 Å². The van der Waals surface area contributed by atoms with Crippen molar-refractivity contribution in [2.75, 3.05) is 6.54 Å². The lowest BCUT2D eigenvalue weighted by atomic mass is 10.00. The Hall–Kier alpha value is -0.820. The fraction of sp³-hybridized carbons (Fsp3) is 0.700. The highest BCUT2D eigenvalue weighted by Gasteiger charge is 2.37. The maximum absolute atomic E-state index is 2.46. The average molecular weight is 291 g/mol. The Morgan fingerprint density at radius 3 is 1.90 bits per heavy atom. The van der Waals surface area contributed by atoms with Crippen LogP contribution in [0.4, 0.5) is 0 Å². The van der Waals surface area contributed by atoms with E-state index in [-0.39, 0.29) is 0 Å². The van der Waals surface area contributed by atoms with Crippen LogP contribution in [0.5, 0.6) is 0 Å². The zero-order chi connectivity index (χ0) is 15.7. The van der Waals surface area contributed by atoms with Crippen molar-refractivity contribution in [3.05, 3.63) is 35.9 Å². The molecule has 0 spiro atoms. The fourth-order valence-electron chi connectivity index (χ4n) is 3.57. The van der Waals surface area contributed by atoms with Gasteiger partial charge >= 0.3 is 0 Å². The molecule has 1 nitrogen and oxygen atoms in total. The lowest BCUT2D eigenvalue weighted by Crippen LogP contribution is -2.59. The van der Waals surface area contributed by atoms with Crippen LogP contribution in [0.2, 0.25) is 0 Å². The summed E-state index contributed by atoms with van der Waals surface area (Å²) >= 11 is 0. The molecule has 0 saturated carbocycles. The van der Waals surface area contributed by atoms with Crippen LogP contribution >= 0.6 is 0 Å². The Bertz CT molecular complexity index is 361. The van der Waals surface area contributed by atoms with E-state index in [0.717, 1.165) is 12.1 Å². The summed E-state index contributed by atoms with van der Waals surface area (Å²) in [5.41, 5.74) is 1.49. The highest BCUT2D eigenvalue weighted by Crippen LogP contribution is 2.28. The molecule has 0 heterocycles. The number of rotatable bonds is 10. The van der Waals surface area contributed by atoms with E-state index in [9.17, 15) is 0 Å². The molecule has 0 radical (unpaired) electrons. The lowest BCUT2D eigenvalue weighted by molar-refractivity contribution is -0.982. The molecule has 1 heteroatoms. The Morgan fingerprint density at radius 1 is 0.857 bits per heavy atom. The summed E-state index contributed by atoms with van der Waals surface area (Å²) in [5, 5.41) is 0. The predicted molar refractivity (Wildman–Crippen MR) is 94.3 cm³/mol. The van der Waals surface area contributed by atoms with Crippen molar-refractivity contribution in [1.29, 1.82) is 0 Å². The van der Waals surface area contributed by atoms with Gasteiger partial charge in [-0.1, -0.05) is 57.5 Å². The summed E-state index contributed by atoms with van der Waals surface area (Å²) in [7, 11) is 0. The van der Waals surface area contributed by atoms with E-state index < -0.39 is 0 Å². The molecule has 0 bridgehead atoms. The second kappa shape index (κ2) is 9.25. The van der Waals surface area contributed by atoms with Gasteiger partial charge in [0.05, 0.1) is 18.6 Å². The van der Waals surface area contributed by atoms with Crippen molar-refractivity contribution in [1.82, 2.24) is 0 Å². The standard InChI is InChI=1S/C20H36N/c1-6-9-13-16-21(18(4)7-2,19(5)8-3)17-20-14-11-10-12-15-20/h10-12,14-15,18-19H,6-9,13,16-17H2,1-5H3/q+1. The minimum Gasteiger partial charge on any atom is -0.315 e. The van der Waals surface area contributed by atoms with Gasteiger partial charge < -0.3 is 4.48 Å². The van der Waals surface area contributed by atoms with Crippen LogP contribution in [0.15, 0.2) is 30.3 Å². The van der Waals surface area contributed by atoms with Crippen LogP contribution in [0.1, 0.15) is 72.3 Å². The molecule has 2 atom stereocenters. The van der Waals surface area contributed by atoms with E-state index in [1.54, 1.807) is 0 Å². The van der Waals surface area contributed by atoms with Gasteiger partial charge in [-0.2, -0.15) is 0 Å². The maximum Gasteiger partial charge on any atom is 0.105 e. The molecule has 0 fully saturated rings. The van der Waals surface area contributed by atoms with Crippen molar-refractivity contribution >= 4 is 0 Å². The smallest absolute Gasteiger partial charge is 0.105 e. The molecule has 0 aliphatic heterocycles. The highest BCUT2D eigenvalue weighted by atomic mass is 15.4. The molecular weight excluding hydrogens is 254 g/mol. The summed E-state index contributed by atoms with van der Waals surface area (Å²) in [6.07, 6.45) is 6.57. The van der Waals surface area contributed by atoms with Crippen LogP contribution in [0.25, 0.3) is 0 Å². The van der Waals surface area contributed by atoms with Gasteiger partial charge in [0.15, 0.2) is 0 Å². The molecule has 0 aliphatic rings. The molecule has 0 aliphatic carbocycles. The topological polar surface area (TPSA) is 0 Å². The minimum atomic E-state index is 0.733. The minimum absolute atomic E-state index is 0.733. The first-order valence-electron chi connectivity index (χ1n) is 9.01. The number of hydrogen-bond donors (Lipinski definition) is 0. The molecule has 0 N–H and O–H groups in total. The summed E-state index contributed by atoms with van der Waals surface area (Å²) in [6, 6.07) is 12.6. The summed E-state index contributed by atoms with van der Waals surface area (Å²) in [4.78, 5) is 0. The number of benzene rings is 1. The molecule has 1 rings (SSSR count). The molecular formula is C20H36N+. The summed E-state index contributed by atoms with van der Waals surface area (Å²) < 4.78 is 1.26. The number of unbranched alkanes of at least 4 members (excludes halogenated alkanes) is 2. The second-order valence-corrected chi connectivity index (χ2v) is 6.69. The third-order valence-electron chi connectivity index (χ3n) is 5.44. The number of hydrogen-bond acceptors (Lipinski definition) is 0. The van der Waals surface area contributed by atoms with Crippen molar-refractivity contribution in [2.24, 2.45) is 0 Å². The molecule has 1 aromatic rings. The van der Waals surface area contributed by atoms with Crippen LogP contribution in [-0.2, 0) is 6.54 Å². The van der Waals surface area contributed by atoms with E-state index in [4.69, 9.17) is 0 Å². The molecule has 21 heavy (non-hydrogen) atoms. The van der Waals surface area contributed by atoms with Crippen molar-refractivity contribution in [3.8, 4) is 0 Å². The van der Waals surface area contributed by atoms with Gasteiger partial charge in [-0.15, -0.1) is 0 Å². The Labute approximate surface area is 133 Å². The van der Waals surface area contributed by atoms with Crippen molar-refractivity contribution in [2.45, 2.75) is 85.4 Å². The van der Waals surface area contributed by atoms with Crippen LogP contribution in [0, 0.1) is 0 Å². The molecule has 2 unspecified atom stereocenters. The van der Waals surface area contributed by atoms with Gasteiger partial charge in [0.1, 0.15) is 6.54 Å². The fourth-order valence-corrected chi connectivity index (χ4v) is 3.57. The normalized spacial score (nSPS) is 17.2. The van der Waals surface area contributed by atoms with Crippen molar-refractivity contribution < 1.29 is 4.48 Å². The Kier molecular flexibility index (Phi) is 8.03. The third kappa shape index (κ3) is 4.85. The maximum atomic E-state index is 2.46. The molecule has 0 amide bonds. The summed E-state index contributed by atoms with van der Waals surface area (Å²) in [6.45, 7) is 14.4. The first-order valence-corrected chi connectivity index (χ1v) is 9.01. The molecule has 0 saturated heterocycles. The monoisotopic (exact) mass is 290 g/mol. The zero-order valence-corrected chi connectivity index (χ0v) is 14.9. The average Bonchev–Trinajstić information content (AvgIpc) is 2.53. The predicted octanol–water partition coefficient (Wildman–Crippen LogP) is 5.79. The number of quaternary nitrogens is 1. The summed E-state index contributed by atoms with van der Waals surface area (Å²) in [5.74, 6) is 0. The largest absolute Gasteiger partial charge is 0.315 e. The van der Waals surface area contributed by atoms with Gasteiger partial charge in [0, 0.05) is 5.56 Å². The molecule has 120 valence electrons. The Morgan fingerprint density at radius 2 is 1.43 bits per heavy atom. The quantitative estimate of drug-likeness (QED) is 0.378. The Balaban J connectivity index is 3.03. The number of nitrogens with zero attached hydrogens (tertiary/aromatic N) is 1. The van der Waals surface area contributed by atoms with E-state index in [0.29, 0.717) is 0 Å². The zero-order valence-electron chi connectivity index (χ0n) is 14.9. The molecule has 0 aromatic heterocycles. The first kappa shape index (κ1) is 18.2. The van der Waals surface area contributed by atoms with Gasteiger partial charge in [0.25, 0.3) is 0 Å². The van der Waals surface area contributed by atoms with Gasteiger partial charge in [0.2, 0.25) is 0 Å². The van der Waals surface area contributed by atoms with Gasteiger partial charge in [-0.25, -0.2) is 0 Å². The SMILES string of the molecule is CCCCC[N+](Cc1ccccc1)(C(C)CC)C(C)CC. The first-order chi connectivity index (χ1) is 10.1. The van der Waals surface area contributed by atoms with Gasteiger partial charge in [-0.05, 0) is 39.5 Å². The van der Waals surface area contributed by atoms with Crippen LogP contribution in [0.3, 0.4) is 0 Å². The molecule has 1 aromatic carbocycles. The lowest BCUT2D eigenvalue weighted by Gasteiger charge is -2.48. The van der Waals surface area contributed by atoms with E-state index in [2.05, 4.69) is 65.0 Å². The highest BCUT2D eigenvalue weighted by molar-refractivity contribution is 5.13. The van der Waals surface area contributed by atoms with Crippen LogP contribution in [-0.4, -0.2) is 23.1 Å².